The number of unbranched alkanes of at least 4 members (excludes halogenated alkanes) is 1. The topological polar surface area (TPSA) is 90.7 Å². The van der Waals surface area contributed by atoms with Crippen molar-refractivity contribution in [2.75, 3.05) is 19.8 Å². The molecule has 1 rings (SSSR count). The predicted octanol–water partition coefficient (Wildman–Crippen LogP) is 0.270. The second-order valence-electron chi connectivity index (χ2n) is 3.58. The molecule has 7 heteroatoms. The highest BCUT2D eigenvalue weighted by Gasteiger charge is 2.22. The van der Waals surface area contributed by atoms with Crippen LogP contribution in [-0.2, 0) is 14.4 Å². The zero-order chi connectivity index (χ0) is 11.8. The van der Waals surface area contributed by atoms with Crippen LogP contribution >= 0.6 is 0 Å². The lowest BCUT2D eigenvalue weighted by molar-refractivity contribution is -0.757. The molecule has 0 aliphatic carbocycles. The fourth-order valence-electron chi connectivity index (χ4n) is 1.50. The van der Waals surface area contributed by atoms with Crippen LogP contribution in [0.1, 0.15) is 25.7 Å². The summed E-state index contributed by atoms with van der Waals surface area (Å²) in [6, 6.07) is -0.171. The lowest BCUT2D eigenvalue weighted by Gasteiger charge is -2.09. The van der Waals surface area contributed by atoms with Crippen molar-refractivity contribution in [1.29, 1.82) is 0 Å². The minimum atomic E-state index is -0.825. The summed E-state index contributed by atoms with van der Waals surface area (Å²) >= 11 is 0. The Morgan fingerprint density at radius 3 is 2.81 bits per heavy atom. The van der Waals surface area contributed by atoms with Gasteiger partial charge in [0.2, 0.25) is 0 Å². The van der Waals surface area contributed by atoms with Gasteiger partial charge >= 0.3 is 5.97 Å². The van der Waals surface area contributed by atoms with Gasteiger partial charge in [0.25, 0.3) is 5.09 Å². The van der Waals surface area contributed by atoms with Gasteiger partial charge in [-0.2, -0.15) is 0 Å². The molecule has 1 unspecified atom stereocenters. The molecule has 0 aromatic carbocycles. The first kappa shape index (κ1) is 12.7. The van der Waals surface area contributed by atoms with E-state index in [9.17, 15) is 14.9 Å². The lowest BCUT2D eigenvalue weighted by Crippen LogP contribution is -2.32. The Labute approximate surface area is 93.2 Å². The van der Waals surface area contributed by atoms with E-state index in [-0.39, 0.29) is 25.2 Å². The first-order valence-electron chi connectivity index (χ1n) is 5.37. The largest absolute Gasteiger partial charge is 0.465 e. The number of nitrogens with one attached hydrogen (secondary N) is 1. The van der Waals surface area contributed by atoms with Crippen LogP contribution in [0.3, 0.4) is 0 Å². The van der Waals surface area contributed by atoms with Crippen molar-refractivity contribution in [3.05, 3.63) is 10.1 Å². The molecule has 1 fully saturated rings. The van der Waals surface area contributed by atoms with E-state index in [0.717, 1.165) is 19.4 Å². The molecule has 92 valence electrons. The van der Waals surface area contributed by atoms with Crippen molar-refractivity contribution in [2.45, 2.75) is 31.7 Å². The molecule has 0 radical (unpaired) electrons. The maximum absolute atomic E-state index is 11.4. The van der Waals surface area contributed by atoms with Gasteiger partial charge < -0.3 is 14.9 Å². The van der Waals surface area contributed by atoms with E-state index in [1.54, 1.807) is 0 Å². The number of carbonyl (C=O) groups is 1. The average molecular weight is 232 g/mol. The predicted molar refractivity (Wildman–Crippen MR) is 54.2 cm³/mol. The van der Waals surface area contributed by atoms with Gasteiger partial charge in [-0.1, -0.05) is 0 Å². The third kappa shape index (κ3) is 4.92. The molecule has 1 N–H and O–H groups in total. The van der Waals surface area contributed by atoms with Crippen LogP contribution < -0.4 is 5.32 Å². The Morgan fingerprint density at radius 2 is 2.19 bits per heavy atom. The van der Waals surface area contributed by atoms with Crippen molar-refractivity contribution in [1.82, 2.24) is 5.32 Å². The van der Waals surface area contributed by atoms with Gasteiger partial charge in [-0.05, 0) is 32.2 Å². The Balaban J connectivity index is 1.94. The fraction of sp³-hybridized carbons (Fsp3) is 0.889. The number of ether oxygens (including phenoxy) is 1. The van der Waals surface area contributed by atoms with Crippen molar-refractivity contribution in [2.24, 2.45) is 0 Å². The molecule has 7 nitrogen and oxygen atoms in total. The van der Waals surface area contributed by atoms with E-state index >= 15 is 0 Å². The summed E-state index contributed by atoms with van der Waals surface area (Å²) in [4.78, 5) is 25.3. The van der Waals surface area contributed by atoms with E-state index in [1.165, 1.54) is 0 Å². The first-order valence-corrected chi connectivity index (χ1v) is 5.37. The molecule has 0 bridgehead atoms. The van der Waals surface area contributed by atoms with Crippen LogP contribution in [0.25, 0.3) is 0 Å². The molecule has 0 saturated carbocycles. The number of nitrogens with zero attached hydrogens (tertiary/aromatic N) is 1. The normalized spacial score (nSPS) is 19.4. The number of carbonyl (C=O) groups excluding carboxylic acids is 1. The zero-order valence-electron chi connectivity index (χ0n) is 9.02. The molecule has 0 spiro atoms. The van der Waals surface area contributed by atoms with Crippen LogP contribution in [0.15, 0.2) is 0 Å². The van der Waals surface area contributed by atoms with E-state index in [1.807, 2.05) is 0 Å². The molecule has 1 atom stereocenters. The SMILES string of the molecule is O=C(OCCCCO[N+](=O)[O-])C1CCCN1. The van der Waals surface area contributed by atoms with Gasteiger partial charge in [-0.15, -0.1) is 10.1 Å². The Hall–Kier alpha value is -1.37. The third-order valence-electron chi connectivity index (χ3n) is 2.32. The molecule has 16 heavy (non-hydrogen) atoms. The summed E-state index contributed by atoms with van der Waals surface area (Å²) in [5.74, 6) is -0.229. The molecular weight excluding hydrogens is 216 g/mol. The van der Waals surface area contributed by atoms with Gasteiger partial charge in [0.05, 0.1) is 13.2 Å². The lowest BCUT2D eigenvalue weighted by atomic mass is 10.2. The summed E-state index contributed by atoms with van der Waals surface area (Å²) in [5, 5.41) is 12.0. The highest BCUT2D eigenvalue weighted by atomic mass is 16.9. The number of esters is 1. The smallest absolute Gasteiger partial charge is 0.323 e. The molecule has 0 aromatic rings. The standard InChI is InChI=1S/C9H16N2O5/c12-9(8-4-3-5-10-8)15-6-1-2-7-16-11(13)14/h8,10H,1-7H2. The van der Waals surface area contributed by atoms with E-state index in [4.69, 9.17) is 4.74 Å². The summed E-state index contributed by atoms with van der Waals surface area (Å²) in [6.07, 6.45) is 2.90. The molecule has 1 aliphatic heterocycles. The van der Waals surface area contributed by atoms with Crippen LogP contribution in [0.5, 0.6) is 0 Å². The van der Waals surface area contributed by atoms with E-state index in [2.05, 4.69) is 10.2 Å². The molecule has 1 saturated heterocycles. The number of hydrogen-bond donors (Lipinski definition) is 1. The Bertz CT molecular complexity index is 240. The molecule has 0 amide bonds. The summed E-state index contributed by atoms with van der Waals surface area (Å²) in [5.41, 5.74) is 0. The second-order valence-corrected chi connectivity index (χ2v) is 3.58. The third-order valence-corrected chi connectivity index (χ3v) is 2.32. The Kier molecular flexibility index (Phi) is 5.55. The summed E-state index contributed by atoms with van der Waals surface area (Å²) < 4.78 is 5.01. The highest BCUT2D eigenvalue weighted by Crippen LogP contribution is 2.06. The molecule has 1 aliphatic rings. The first-order chi connectivity index (χ1) is 7.70. The maximum Gasteiger partial charge on any atom is 0.323 e. The van der Waals surface area contributed by atoms with E-state index < -0.39 is 5.09 Å². The average Bonchev–Trinajstić information content (AvgIpc) is 2.75. The quantitative estimate of drug-likeness (QED) is 0.293. The van der Waals surface area contributed by atoms with Crippen molar-refractivity contribution in [3.63, 3.8) is 0 Å². The van der Waals surface area contributed by atoms with Gasteiger partial charge in [0.15, 0.2) is 0 Å². The Morgan fingerprint density at radius 1 is 1.44 bits per heavy atom. The maximum atomic E-state index is 11.4. The zero-order valence-corrected chi connectivity index (χ0v) is 9.02. The van der Waals surface area contributed by atoms with Gasteiger partial charge in [0.1, 0.15) is 6.04 Å². The number of rotatable bonds is 7. The van der Waals surface area contributed by atoms with Crippen molar-refractivity contribution in [3.8, 4) is 0 Å². The highest BCUT2D eigenvalue weighted by molar-refractivity contribution is 5.76. The minimum Gasteiger partial charge on any atom is -0.465 e. The molecular formula is C9H16N2O5. The van der Waals surface area contributed by atoms with Crippen molar-refractivity contribution < 1.29 is 19.5 Å². The molecule has 1 heterocycles. The molecule has 0 aromatic heterocycles. The summed E-state index contributed by atoms with van der Waals surface area (Å²) in [7, 11) is 0. The van der Waals surface area contributed by atoms with Gasteiger partial charge in [0, 0.05) is 0 Å². The van der Waals surface area contributed by atoms with Crippen LogP contribution in [0.2, 0.25) is 0 Å². The second kappa shape index (κ2) is 7.00. The van der Waals surface area contributed by atoms with Crippen LogP contribution in [0, 0.1) is 10.1 Å². The van der Waals surface area contributed by atoms with Crippen LogP contribution in [0.4, 0.5) is 0 Å². The summed E-state index contributed by atoms with van der Waals surface area (Å²) in [6.45, 7) is 1.20. The fourth-order valence-corrected chi connectivity index (χ4v) is 1.50. The number of hydrogen-bond acceptors (Lipinski definition) is 6. The monoisotopic (exact) mass is 232 g/mol. The van der Waals surface area contributed by atoms with Gasteiger partial charge in [-0.3, -0.25) is 4.79 Å². The van der Waals surface area contributed by atoms with Gasteiger partial charge in [-0.25, -0.2) is 0 Å². The van der Waals surface area contributed by atoms with Crippen molar-refractivity contribution >= 4 is 5.97 Å². The van der Waals surface area contributed by atoms with Crippen LogP contribution in [-0.4, -0.2) is 36.9 Å². The van der Waals surface area contributed by atoms with E-state index in [0.29, 0.717) is 12.8 Å². The minimum absolute atomic E-state index is 0.0478.